The zero-order valence-electron chi connectivity index (χ0n) is 15.0. The standard InChI is InChI=1S/C23H25NO2/c25-21(20-10-5-2-6-11-20)22-23(13-7-17-26-18-23)14-16-24(22)15-12-19-8-3-1-4-9-19/h1-11,13,22H,12,14-18H2/t22-,23+/m0/s1. The lowest BCUT2D eigenvalue weighted by Gasteiger charge is -2.36. The van der Waals surface area contributed by atoms with E-state index < -0.39 is 0 Å². The minimum atomic E-state index is -0.193. The van der Waals surface area contributed by atoms with Crippen LogP contribution in [0, 0.1) is 5.41 Å². The Morgan fingerprint density at radius 3 is 2.50 bits per heavy atom. The van der Waals surface area contributed by atoms with Gasteiger partial charge in [0.15, 0.2) is 5.78 Å². The second-order valence-corrected chi connectivity index (χ2v) is 7.31. The van der Waals surface area contributed by atoms with E-state index in [4.69, 9.17) is 4.74 Å². The van der Waals surface area contributed by atoms with Crippen LogP contribution in [-0.4, -0.2) is 43.0 Å². The van der Waals surface area contributed by atoms with Gasteiger partial charge in [-0.25, -0.2) is 0 Å². The molecule has 2 aromatic carbocycles. The first-order chi connectivity index (χ1) is 12.8. The van der Waals surface area contributed by atoms with Crippen LogP contribution in [0.2, 0.25) is 0 Å². The number of ether oxygens (including phenoxy) is 1. The molecule has 26 heavy (non-hydrogen) atoms. The summed E-state index contributed by atoms with van der Waals surface area (Å²) >= 11 is 0. The van der Waals surface area contributed by atoms with Gasteiger partial charge in [0.2, 0.25) is 0 Å². The number of hydrogen-bond donors (Lipinski definition) is 0. The largest absolute Gasteiger partial charge is 0.376 e. The normalized spacial score (nSPS) is 25.6. The quantitative estimate of drug-likeness (QED) is 0.609. The van der Waals surface area contributed by atoms with E-state index in [9.17, 15) is 4.79 Å². The molecule has 4 rings (SSSR count). The van der Waals surface area contributed by atoms with Crippen molar-refractivity contribution < 1.29 is 9.53 Å². The van der Waals surface area contributed by atoms with Gasteiger partial charge in [0.05, 0.1) is 19.3 Å². The molecule has 2 aliphatic heterocycles. The van der Waals surface area contributed by atoms with Gasteiger partial charge in [-0.3, -0.25) is 9.69 Å². The van der Waals surface area contributed by atoms with Gasteiger partial charge >= 0.3 is 0 Å². The Balaban J connectivity index is 1.59. The SMILES string of the molecule is O=C(c1ccccc1)[C@@H]1N(CCc2ccccc2)CC[C@@]12C=CCOC2. The molecule has 0 aliphatic carbocycles. The molecule has 2 atom stereocenters. The first-order valence-corrected chi connectivity index (χ1v) is 9.41. The fraction of sp³-hybridized carbons (Fsp3) is 0.348. The maximum Gasteiger partial charge on any atom is 0.180 e. The number of carbonyl (C=O) groups excluding carboxylic acids is 1. The van der Waals surface area contributed by atoms with Crippen LogP contribution < -0.4 is 0 Å². The van der Waals surface area contributed by atoms with Crippen molar-refractivity contribution in [3.63, 3.8) is 0 Å². The fourth-order valence-electron chi connectivity index (χ4n) is 4.30. The minimum absolute atomic E-state index is 0.148. The summed E-state index contributed by atoms with van der Waals surface area (Å²) in [4.78, 5) is 15.8. The Morgan fingerprint density at radius 1 is 1.08 bits per heavy atom. The predicted octanol–water partition coefficient (Wildman–Crippen LogP) is 3.76. The van der Waals surface area contributed by atoms with Crippen molar-refractivity contribution in [1.82, 2.24) is 4.90 Å². The summed E-state index contributed by atoms with van der Waals surface area (Å²) in [5, 5.41) is 0. The molecule has 2 aliphatic rings. The number of likely N-dealkylation sites (tertiary alicyclic amines) is 1. The third kappa shape index (κ3) is 3.37. The summed E-state index contributed by atoms with van der Waals surface area (Å²) in [6.07, 6.45) is 6.25. The van der Waals surface area contributed by atoms with E-state index >= 15 is 0 Å². The lowest BCUT2D eigenvalue weighted by Crippen LogP contribution is -2.48. The van der Waals surface area contributed by atoms with Crippen LogP contribution in [0.25, 0.3) is 0 Å². The maximum atomic E-state index is 13.4. The highest BCUT2D eigenvalue weighted by molar-refractivity contribution is 6.01. The number of Topliss-reactive ketones (excluding diaryl/α,β-unsaturated/α-hetero) is 1. The van der Waals surface area contributed by atoms with Crippen LogP contribution in [-0.2, 0) is 11.2 Å². The van der Waals surface area contributed by atoms with E-state index in [0.29, 0.717) is 13.2 Å². The topological polar surface area (TPSA) is 29.5 Å². The molecular formula is C23H25NO2. The van der Waals surface area contributed by atoms with Gasteiger partial charge in [0, 0.05) is 17.5 Å². The van der Waals surface area contributed by atoms with Gasteiger partial charge in [-0.15, -0.1) is 0 Å². The van der Waals surface area contributed by atoms with Gasteiger partial charge < -0.3 is 4.74 Å². The molecule has 3 heteroatoms. The average molecular weight is 347 g/mol. The molecule has 1 spiro atoms. The second-order valence-electron chi connectivity index (χ2n) is 7.31. The molecule has 0 amide bonds. The van der Waals surface area contributed by atoms with Gasteiger partial charge in [-0.05, 0) is 24.9 Å². The maximum absolute atomic E-state index is 13.4. The average Bonchev–Trinajstić information content (AvgIpc) is 3.05. The number of hydrogen-bond acceptors (Lipinski definition) is 3. The number of benzene rings is 2. The molecule has 2 heterocycles. The van der Waals surface area contributed by atoms with E-state index in [-0.39, 0.29) is 17.2 Å². The van der Waals surface area contributed by atoms with Crippen LogP contribution in [0.1, 0.15) is 22.3 Å². The monoisotopic (exact) mass is 347 g/mol. The number of rotatable bonds is 5. The molecule has 1 saturated heterocycles. The summed E-state index contributed by atoms with van der Waals surface area (Å²) in [6, 6.07) is 20.0. The molecule has 3 nitrogen and oxygen atoms in total. The van der Waals surface area contributed by atoms with E-state index in [0.717, 1.165) is 31.5 Å². The van der Waals surface area contributed by atoms with Crippen molar-refractivity contribution in [2.45, 2.75) is 18.9 Å². The van der Waals surface area contributed by atoms with E-state index in [1.807, 2.05) is 36.4 Å². The molecule has 0 radical (unpaired) electrons. The van der Waals surface area contributed by atoms with Crippen LogP contribution in [0.3, 0.4) is 0 Å². The Morgan fingerprint density at radius 2 is 1.81 bits per heavy atom. The third-order valence-electron chi connectivity index (χ3n) is 5.65. The van der Waals surface area contributed by atoms with Crippen LogP contribution in [0.4, 0.5) is 0 Å². The van der Waals surface area contributed by atoms with Crippen molar-refractivity contribution in [2.24, 2.45) is 5.41 Å². The van der Waals surface area contributed by atoms with E-state index in [2.05, 4.69) is 41.3 Å². The summed E-state index contributed by atoms with van der Waals surface area (Å²) in [6.45, 7) is 3.11. The summed E-state index contributed by atoms with van der Waals surface area (Å²) < 4.78 is 5.77. The van der Waals surface area contributed by atoms with Crippen molar-refractivity contribution in [1.29, 1.82) is 0 Å². The Bertz CT molecular complexity index is 771. The number of carbonyl (C=O) groups is 1. The highest BCUT2D eigenvalue weighted by atomic mass is 16.5. The highest BCUT2D eigenvalue weighted by Gasteiger charge is 2.50. The molecule has 0 bridgehead atoms. The lowest BCUT2D eigenvalue weighted by atomic mass is 9.76. The van der Waals surface area contributed by atoms with Gasteiger partial charge in [0.25, 0.3) is 0 Å². The molecular weight excluding hydrogens is 322 g/mol. The summed E-state index contributed by atoms with van der Waals surface area (Å²) in [5.74, 6) is 0.214. The molecule has 134 valence electrons. The van der Waals surface area contributed by atoms with Gasteiger partial charge in [0.1, 0.15) is 0 Å². The predicted molar refractivity (Wildman–Crippen MR) is 103 cm³/mol. The first kappa shape index (κ1) is 17.2. The number of nitrogens with zero attached hydrogens (tertiary/aromatic N) is 1. The second kappa shape index (κ2) is 7.56. The van der Waals surface area contributed by atoms with Crippen molar-refractivity contribution in [3.8, 4) is 0 Å². The van der Waals surface area contributed by atoms with Crippen LogP contribution in [0.15, 0.2) is 72.8 Å². The minimum Gasteiger partial charge on any atom is -0.376 e. The zero-order chi connectivity index (χ0) is 17.8. The van der Waals surface area contributed by atoms with Crippen LogP contribution in [0.5, 0.6) is 0 Å². The zero-order valence-corrected chi connectivity index (χ0v) is 15.0. The van der Waals surface area contributed by atoms with E-state index in [1.54, 1.807) is 0 Å². The first-order valence-electron chi connectivity index (χ1n) is 9.41. The van der Waals surface area contributed by atoms with Gasteiger partial charge in [-0.1, -0.05) is 72.8 Å². The summed E-state index contributed by atoms with van der Waals surface area (Å²) in [7, 11) is 0. The molecule has 2 aromatic rings. The molecule has 0 N–H and O–H groups in total. The van der Waals surface area contributed by atoms with Gasteiger partial charge in [-0.2, -0.15) is 0 Å². The Hall–Kier alpha value is -2.23. The number of ketones is 1. The van der Waals surface area contributed by atoms with Crippen molar-refractivity contribution >= 4 is 5.78 Å². The molecule has 1 fully saturated rings. The fourth-order valence-corrected chi connectivity index (χ4v) is 4.30. The van der Waals surface area contributed by atoms with Crippen LogP contribution >= 0.6 is 0 Å². The van der Waals surface area contributed by atoms with Crippen molar-refractivity contribution in [3.05, 3.63) is 83.9 Å². The lowest BCUT2D eigenvalue weighted by molar-refractivity contribution is 0.0418. The molecule has 0 aromatic heterocycles. The third-order valence-corrected chi connectivity index (χ3v) is 5.65. The van der Waals surface area contributed by atoms with Crippen molar-refractivity contribution in [2.75, 3.05) is 26.3 Å². The highest BCUT2D eigenvalue weighted by Crippen LogP contribution is 2.41. The smallest absolute Gasteiger partial charge is 0.180 e. The Labute approximate surface area is 155 Å². The Kier molecular flexibility index (Phi) is 5.00. The molecule has 0 saturated carbocycles. The van der Waals surface area contributed by atoms with E-state index in [1.165, 1.54) is 5.56 Å². The summed E-state index contributed by atoms with van der Waals surface area (Å²) in [5.41, 5.74) is 1.92. The molecule has 0 unspecified atom stereocenters.